The lowest BCUT2D eigenvalue weighted by Crippen LogP contribution is -2.08. The summed E-state index contributed by atoms with van der Waals surface area (Å²) >= 11 is 0. The summed E-state index contributed by atoms with van der Waals surface area (Å²) in [7, 11) is 1.60. The van der Waals surface area contributed by atoms with Gasteiger partial charge < -0.3 is 18.8 Å². The molecule has 6 heteroatoms. The fraction of sp³-hybridized carbons (Fsp3) is 0.350. The highest BCUT2D eigenvalue weighted by Crippen LogP contribution is 2.26. The largest absolute Gasteiger partial charge is 0.495 e. The van der Waals surface area contributed by atoms with Crippen LogP contribution in [0, 0.1) is 6.92 Å². The van der Waals surface area contributed by atoms with Crippen molar-refractivity contribution in [1.82, 2.24) is 9.55 Å². The van der Waals surface area contributed by atoms with Gasteiger partial charge in [0.05, 0.1) is 31.4 Å². The number of esters is 1. The quantitative estimate of drug-likeness (QED) is 0.298. The van der Waals surface area contributed by atoms with Crippen molar-refractivity contribution in [2.45, 2.75) is 33.1 Å². The monoisotopic (exact) mass is 356 g/mol. The van der Waals surface area contributed by atoms with Gasteiger partial charge in [-0.25, -0.2) is 9.78 Å². The van der Waals surface area contributed by atoms with Crippen LogP contribution in [0.5, 0.6) is 5.75 Å². The number of imidazole rings is 1. The Bertz CT molecular complexity index is 793. The van der Waals surface area contributed by atoms with E-state index in [-0.39, 0.29) is 5.97 Å². The first-order valence-electron chi connectivity index (χ1n) is 8.59. The topological polar surface area (TPSA) is 70.4 Å². The first kappa shape index (κ1) is 19.4. The molecular formula is C20H24N2O4. The van der Waals surface area contributed by atoms with Crippen LogP contribution in [-0.4, -0.2) is 35.5 Å². The molecule has 0 N–H and O–H groups in total. The number of unbranched alkanes of at least 4 members (excludes halogenated alkanes) is 1. The molecule has 0 aliphatic rings. The maximum absolute atomic E-state index is 12.2. The van der Waals surface area contributed by atoms with Crippen molar-refractivity contribution >= 4 is 18.3 Å². The van der Waals surface area contributed by atoms with Crippen molar-refractivity contribution in [3.8, 4) is 11.4 Å². The van der Waals surface area contributed by atoms with Crippen LogP contribution in [0.25, 0.3) is 11.8 Å². The third-order valence-corrected chi connectivity index (χ3v) is 3.84. The number of hydrogen-bond acceptors (Lipinski definition) is 5. The molecule has 6 nitrogen and oxygen atoms in total. The molecule has 1 aromatic carbocycles. The van der Waals surface area contributed by atoms with Gasteiger partial charge in [0.1, 0.15) is 12.0 Å². The number of nitrogens with zero attached hydrogens (tertiary/aromatic N) is 2. The molecule has 0 aliphatic heterocycles. The Hall–Kier alpha value is -2.89. The number of aromatic nitrogens is 2. The zero-order valence-electron chi connectivity index (χ0n) is 15.4. The lowest BCUT2D eigenvalue weighted by atomic mass is 10.0. The molecule has 0 saturated carbocycles. The first-order chi connectivity index (χ1) is 12.6. The van der Waals surface area contributed by atoms with Crippen LogP contribution in [-0.2, 0) is 14.3 Å². The smallest absolute Gasteiger partial charge is 0.334 e. The number of aryl methyl sites for hydroxylation is 1. The van der Waals surface area contributed by atoms with E-state index in [9.17, 15) is 9.59 Å². The minimum Gasteiger partial charge on any atom is -0.495 e. The van der Waals surface area contributed by atoms with E-state index in [4.69, 9.17) is 9.47 Å². The van der Waals surface area contributed by atoms with Gasteiger partial charge in [-0.05, 0) is 50.5 Å². The van der Waals surface area contributed by atoms with Crippen molar-refractivity contribution in [3.63, 3.8) is 0 Å². The highest BCUT2D eigenvalue weighted by atomic mass is 16.5. The fourth-order valence-electron chi connectivity index (χ4n) is 2.58. The fourth-order valence-corrected chi connectivity index (χ4v) is 2.58. The first-order valence-corrected chi connectivity index (χ1v) is 8.59. The van der Waals surface area contributed by atoms with Crippen LogP contribution in [0.4, 0.5) is 0 Å². The Morgan fingerprint density at radius 1 is 1.35 bits per heavy atom. The van der Waals surface area contributed by atoms with Crippen molar-refractivity contribution < 1.29 is 19.1 Å². The maximum atomic E-state index is 12.2. The van der Waals surface area contributed by atoms with E-state index in [2.05, 4.69) is 4.98 Å². The molecule has 0 atom stereocenters. The van der Waals surface area contributed by atoms with Crippen LogP contribution in [0.3, 0.4) is 0 Å². The Balaban J connectivity index is 2.33. The maximum Gasteiger partial charge on any atom is 0.334 e. The zero-order valence-corrected chi connectivity index (χ0v) is 15.4. The molecule has 0 fully saturated rings. The van der Waals surface area contributed by atoms with Crippen molar-refractivity contribution in [1.29, 1.82) is 0 Å². The number of aldehydes is 1. The van der Waals surface area contributed by atoms with Crippen LogP contribution in [0.1, 0.15) is 37.4 Å². The molecule has 0 saturated heterocycles. The summed E-state index contributed by atoms with van der Waals surface area (Å²) in [5.74, 6) is 0.318. The Morgan fingerprint density at radius 2 is 2.15 bits per heavy atom. The summed E-state index contributed by atoms with van der Waals surface area (Å²) in [6.07, 6.45) is 7.80. The molecule has 0 spiro atoms. The molecule has 0 bridgehead atoms. The molecule has 26 heavy (non-hydrogen) atoms. The Kier molecular flexibility index (Phi) is 7.14. The second-order valence-electron chi connectivity index (χ2n) is 5.80. The van der Waals surface area contributed by atoms with Crippen LogP contribution < -0.4 is 4.74 Å². The molecule has 2 aromatic rings. The minimum atomic E-state index is -0.355. The van der Waals surface area contributed by atoms with E-state index in [0.717, 1.165) is 23.2 Å². The molecule has 0 aliphatic carbocycles. The highest BCUT2D eigenvalue weighted by Gasteiger charge is 2.12. The van der Waals surface area contributed by atoms with Gasteiger partial charge >= 0.3 is 5.97 Å². The zero-order chi connectivity index (χ0) is 18.9. The van der Waals surface area contributed by atoms with Gasteiger partial charge in [0.2, 0.25) is 0 Å². The van der Waals surface area contributed by atoms with Crippen molar-refractivity contribution in [2.75, 3.05) is 13.7 Å². The van der Waals surface area contributed by atoms with Crippen LogP contribution in [0.2, 0.25) is 0 Å². The van der Waals surface area contributed by atoms with E-state index >= 15 is 0 Å². The molecule has 0 radical (unpaired) electrons. The van der Waals surface area contributed by atoms with E-state index in [1.165, 1.54) is 0 Å². The lowest BCUT2D eigenvalue weighted by molar-refractivity contribution is -0.138. The average Bonchev–Trinajstić information content (AvgIpc) is 3.07. The van der Waals surface area contributed by atoms with Gasteiger partial charge in [0, 0.05) is 18.2 Å². The van der Waals surface area contributed by atoms with E-state index in [0.29, 0.717) is 37.2 Å². The number of methoxy groups -OCH3 is 1. The number of hydrogen-bond donors (Lipinski definition) is 0. The summed E-state index contributed by atoms with van der Waals surface area (Å²) in [6, 6.07) is 5.69. The van der Waals surface area contributed by atoms with Crippen LogP contribution in [0.15, 0.2) is 36.3 Å². The normalized spacial score (nSPS) is 11.3. The van der Waals surface area contributed by atoms with Gasteiger partial charge in [-0.2, -0.15) is 0 Å². The number of benzene rings is 1. The third kappa shape index (κ3) is 5.05. The lowest BCUT2D eigenvalue weighted by Gasteiger charge is -2.11. The Labute approximate surface area is 153 Å². The minimum absolute atomic E-state index is 0.312. The third-order valence-electron chi connectivity index (χ3n) is 3.84. The number of carbonyl (C=O) groups excluding carboxylic acids is 2. The summed E-state index contributed by atoms with van der Waals surface area (Å²) in [5, 5.41) is 0. The van der Waals surface area contributed by atoms with Gasteiger partial charge in [-0.15, -0.1) is 0 Å². The van der Waals surface area contributed by atoms with Gasteiger partial charge in [0.15, 0.2) is 0 Å². The summed E-state index contributed by atoms with van der Waals surface area (Å²) in [6.45, 7) is 4.00. The molecular weight excluding hydrogens is 332 g/mol. The molecule has 138 valence electrons. The highest BCUT2D eigenvalue weighted by molar-refractivity contribution is 5.93. The summed E-state index contributed by atoms with van der Waals surface area (Å²) in [5.41, 5.74) is 3.15. The van der Waals surface area contributed by atoms with Gasteiger partial charge in [-0.3, -0.25) is 0 Å². The number of ether oxygens (including phenoxy) is 2. The average molecular weight is 356 g/mol. The number of rotatable bonds is 9. The second kappa shape index (κ2) is 9.56. The molecule has 0 unspecified atom stereocenters. The van der Waals surface area contributed by atoms with Gasteiger partial charge in [-0.1, -0.05) is 6.07 Å². The van der Waals surface area contributed by atoms with E-state index < -0.39 is 0 Å². The summed E-state index contributed by atoms with van der Waals surface area (Å²) in [4.78, 5) is 26.9. The SMILES string of the molecule is CCOC(=O)C(=Cc1ccc(-n2cnc(C)c2)c(OC)c1)CCCC=O. The molecule has 0 amide bonds. The predicted octanol–water partition coefficient (Wildman–Crippen LogP) is 3.51. The standard InChI is InChI=1S/C20H24N2O4/c1-4-26-20(24)17(7-5-6-10-23)11-16-8-9-18(19(12-16)25-3)22-13-15(2)21-14-22/h8-14H,4-7H2,1-3H3. The Morgan fingerprint density at radius 3 is 2.77 bits per heavy atom. The van der Waals surface area contributed by atoms with Gasteiger partial charge in [0.25, 0.3) is 0 Å². The molecule has 2 rings (SSSR count). The second-order valence-corrected chi connectivity index (χ2v) is 5.80. The van der Waals surface area contributed by atoms with Crippen molar-refractivity contribution in [3.05, 3.63) is 47.6 Å². The van der Waals surface area contributed by atoms with Crippen LogP contribution >= 0.6 is 0 Å². The number of carbonyl (C=O) groups is 2. The molecule has 1 heterocycles. The van der Waals surface area contributed by atoms with Crippen molar-refractivity contribution in [2.24, 2.45) is 0 Å². The van der Waals surface area contributed by atoms with E-state index in [1.54, 1.807) is 26.4 Å². The molecule has 1 aromatic heterocycles. The predicted molar refractivity (Wildman–Crippen MR) is 99.4 cm³/mol. The van der Waals surface area contributed by atoms with E-state index in [1.807, 2.05) is 35.9 Å². The summed E-state index contributed by atoms with van der Waals surface area (Å²) < 4.78 is 12.5.